The SMILES string of the molecule is CCC(CC)C(CNS(=O)(=O)CC12CCC(CC1=O)C2(C)C)N1CCOCC1. The second kappa shape index (κ2) is 8.32. The standard InChI is InChI=1S/C21H38N2O4S/c1-5-16(6-2)18(23-9-11-27-12-10-23)14-22-28(25,26)15-21-8-7-17(13-19(21)24)20(21,3)4/h16-18,22H,5-15H2,1-4H3. The van der Waals surface area contributed by atoms with Crippen molar-refractivity contribution in [1.29, 1.82) is 0 Å². The molecule has 3 unspecified atom stereocenters. The first-order valence-corrected chi connectivity index (χ1v) is 12.6. The molecule has 0 amide bonds. The number of rotatable bonds is 9. The number of hydrogen-bond acceptors (Lipinski definition) is 5. The zero-order valence-corrected chi connectivity index (χ0v) is 18.8. The number of fused-ring (bicyclic) bond motifs is 2. The summed E-state index contributed by atoms with van der Waals surface area (Å²) in [6, 6.07) is 0.176. The number of Topliss-reactive ketones (excluding diaryl/α,β-unsaturated/α-hetero) is 1. The van der Waals surface area contributed by atoms with Gasteiger partial charge in [-0.15, -0.1) is 0 Å². The first-order chi connectivity index (χ1) is 13.2. The van der Waals surface area contributed by atoms with Gasteiger partial charge in [-0.3, -0.25) is 9.69 Å². The van der Waals surface area contributed by atoms with Crippen LogP contribution in [0.4, 0.5) is 0 Å². The fourth-order valence-corrected chi connectivity index (χ4v) is 7.88. The molecule has 3 fully saturated rings. The summed E-state index contributed by atoms with van der Waals surface area (Å²) in [6.07, 6.45) is 4.28. The highest BCUT2D eigenvalue weighted by molar-refractivity contribution is 7.89. The fraction of sp³-hybridized carbons (Fsp3) is 0.952. The lowest BCUT2D eigenvalue weighted by Crippen LogP contribution is -2.53. The van der Waals surface area contributed by atoms with E-state index in [-0.39, 0.29) is 23.0 Å². The van der Waals surface area contributed by atoms with Gasteiger partial charge >= 0.3 is 0 Å². The van der Waals surface area contributed by atoms with Crippen molar-refractivity contribution in [1.82, 2.24) is 9.62 Å². The van der Waals surface area contributed by atoms with Gasteiger partial charge in [0.15, 0.2) is 0 Å². The molecule has 7 heteroatoms. The zero-order valence-electron chi connectivity index (χ0n) is 18.0. The Kier molecular flexibility index (Phi) is 6.60. The van der Waals surface area contributed by atoms with Crippen molar-refractivity contribution < 1.29 is 17.9 Å². The lowest BCUT2D eigenvalue weighted by atomic mass is 9.70. The summed E-state index contributed by atoms with van der Waals surface area (Å²) in [4.78, 5) is 15.1. The van der Waals surface area contributed by atoms with E-state index in [1.165, 1.54) is 0 Å². The fourth-order valence-electron chi connectivity index (χ4n) is 6.03. The lowest BCUT2D eigenvalue weighted by molar-refractivity contribution is -0.128. The Bertz CT molecular complexity index is 668. The van der Waals surface area contributed by atoms with Crippen LogP contribution >= 0.6 is 0 Å². The van der Waals surface area contributed by atoms with Crippen LogP contribution in [0.15, 0.2) is 0 Å². The largest absolute Gasteiger partial charge is 0.379 e. The number of ketones is 1. The normalized spacial score (nSPS) is 31.6. The molecule has 3 aliphatic rings. The summed E-state index contributed by atoms with van der Waals surface area (Å²) >= 11 is 0. The number of nitrogens with zero attached hydrogens (tertiary/aromatic N) is 1. The maximum Gasteiger partial charge on any atom is 0.212 e. The van der Waals surface area contributed by atoms with E-state index in [1.807, 2.05) is 0 Å². The lowest BCUT2D eigenvalue weighted by Gasteiger charge is -2.39. The van der Waals surface area contributed by atoms with Crippen LogP contribution < -0.4 is 4.72 Å². The van der Waals surface area contributed by atoms with E-state index in [0.29, 0.717) is 44.4 Å². The van der Waals surface area contributed by atoms with Crippen molar-refractivity contribution in [3.8, 4) is 0 Å². The van der Waals surface area contributed by atoms with Gasteiger partial charge in [-0.05, 0) is 30.1 Å². The number of nitrogens with one attached hydrogen (secondary N) is 1. The number of sulfonamides is 1. The smallest absolute Gasteiger partial charge is 0.212 e. The molecule has 162 valence electrons. The molecule has 1 saturated heterocycles. The number of hydrogen-bond donors (Lipinski definition) is 1. The van der Waals surface area contributed by atoms with Crippen molar-refractivity contribution in [2.75, 3.05) is 38.6 Å². The Morgan fingerprint density at radius 3 is 2.36 bits per heavy atom. The van der Waals surface area contributed by atoms with Gasteiger partial charge in [-0.25, -0.2) is 13.1 Å². The van der Waals surface area contributed by atoms with E-state index in [0.717, 1.165) is 32.4 Å². The maximum absolute atomic E-state index is 13.1. The van der Waals surface area contributed by atoms with Crippen molar-refractivity contribution in [2.24, 2.45) is 22.7 Å². The molecule has 2 bridgehead atoms. The molecule has 1 N–H and O–H groups in total. The van der Waals surface area contributed by atoms with Crippen LogP contribution in [0.2, 0.25) is 0 Å². The van der Waals surface area contributed by atoms with Crippen LogP contribution in [-0.2, 0) is 19.6 Å². The van der Waals surface area contributed by atoms with Crippen LogP contribution in [0.3, 0.4) is 0 Å². The van der Waals surface area contributed by atoms with Gasteiger partial charge in [0, 0.05) is 37.5 Å². The molecule has 1 heterocycles. The Labute approximate surface area is 170 Å². The quantitative estimate of drug-likeness (QED) is 0.627. The summed E-state index contributed by atoms with van der Waals surface area (Å²) in [7, 11) is -3.53. The van der Waals surface area contributed by atoms with Gasteiger partial charge in [-0.1, -0.05) is 40.5 Å². The molecule has 6 nitrogen and oxygen atoms in total. The molecule has 0 aromatic rings. The van der Waals surface area contributed by atoms with Crippen molar-refractivity contribution in [2.45, 2.75) is 65.8 Å². The number of ether oxygens (including phenoxy) is 1. The average molecular weight is 415 g/mol. The molecule has 0 radical (unpaired) electrons. The van der Waals surface area contributed by atoms with E-state index < -0.39 is 15.4 Å². The summed E-state index contributed by atoms with van der Waals surface area (Å²) in [5.41, 5.74) is -0.926. The molecular formula is C21H38N2O4S. The van der Waals surface area contributed by atoms with Crippen molar-refractivity contribution in [3.05, 3.63) is 0 Å². The van der Waals surface area contributed by atoms with Gasteiger partial charge in [0.05, 0.1) is 19.0 Å². The minimum atomic E-state index is -3.53. The third-order valence-corrected chi connectivity index (χ3v) is 9.67. The molecule has 28 heavy (non-hydrogen) atoms. The Balaban J connectivity index is 1.71. The van der Waals surface area contributed by atoms with Crippen LogP contribution in [-0.4, -0.2) is 63.7 Å². The third kappa shape index (κ3) is 3.92. The average Bonchev–Trinajstić information content (AvgIpc) is 2.99. The van der Waals surface area contributed by atoms with Crippen molar-refractivity contribution >= 4 is 15.8 Å². The number of morpholine rings is 1. The Hall–Kier alpha value is -0.500. The van der Waals surface area contributed by atoms with Crippen LogP contribution in [0.25, 0.3) is 0 Å². The molecule has 0 spiro atoms. The predicted molar refractivity (Wildman–Crippen MR) is 111 cm³/mol. The third-order valence-electron chi connectivity index (χ3n) is 8.20. The van der Waals surface area contributed by atoms with Crippen LogP contribution in [0.1, 0.15) is 59.8 Å². The Morgan fingerprint density at radius 2 is 1.86 bits per heavy atom. The van der Waals surface area contributed by atoms with E-state index in [9.17, 15) is 13.2 Å². The van der Waals surface area contributed by atoms with Crippen LogP contribution in [0.5, 0.6) is 0 Å². The highest BCUT2D eigenvalue weighted by Crippen LogP contribution is 2.64. The summed E-state index contributed by atoms with van der Waals surface area (Å²) in [6.45, 7) is 12.1. The predicted octanol–water partition coefficient (Wildman–Crippen LogP) is 2.44. The van der Waals surface area contributed by atoms with Crippen LogP contribution in [0, 0.1) is 22.7 Å². The Morgan fingerprint density at radius 1 is 1.21 bits per heavy atom. The highest BCUT2D eigenvalue weighted by Gasteiger charge is 2.65. The first kappa shape index (κ1) is 22.2. The molecule has 1 aliphatic heterocycles. The molecule has 2 saturated carbocycles. The molecule has 0 aromatic carbocycles. The number of carbonyl (C=O) groups excluding carboxylic acids is 1. The van der Waals surface area contributed by atoms with E-state index >= 15 is 0 Å². The molecule has 2 aliphatic carbocycles. The van der Waals surface area contributed by atoms with E-state index in [1.54, 1.807) is 0 Å². The van der Waals surface area contributed by atoms with E-state index in [2.05, 4.69) is 37.3 Å². The highest BCUT2D eigenvalue weighted by atomic mass is 32.2. The number of carbonyl (C=O) groups is 1. The zero-order chi connectivity index (χ0) is 20.6. The first-order valence-electron chi connectivity index (χ1n) is 11.0. The summed E-state index contributed by atoms with van der Waals surface area (Å²) < 4.78 is 34.6. The van der Waals surface area contributed by atoms with Gasteiger partial charge < -0.3 is 4.74 Å². The second-order valence-electron chi connectivity index (χ2n) is 9.57. The second-order valence-corrected chi connectivity index (χ2v) is 11.4. The topological polar surface area (TPSA) is 75.7 Å². The van der Waals surface area contributed by atoms with Crippen molar-refractivity contribution in [3.63, 3.8) is 0 Å². The van der Waals surface area contributed by atoms with E-state index in [4.69, 9.17) is 4.74 Å². The van der Waals surface area contributed by atoms with Gasteiger partial charge in [0.25, 0.3) is 0 Å². The molecule has 3 atom stereocenters. The monoisotopic (exact) mass is 414 g/mol. The molecular weight excluding hydrogens is 376 g/mol. The molecule has 0 aromatic heterocycles. The van der Waals surface area contributed by atoms with Gasteiger partial charge in [0.2, 0.25) is 10.0 Å². The maximum atomic E-state index is 13.1. The van der Waals surface area contributed by atoms with Gasteiger partial charge in [-0.2, -0.15) is 0 Å². The minimum Gasteiger partial charge on any atom is -0.379 e. The van der Waals surface area contributed by atoms with Gasteiger partial charge in [0.1, 0.15) is 5.78 Å². The summed E-state index contributed by atoms with van der Waals surface area (Å²) in [5.74, 6) is 0.880. The summed E-state index contributed by atoms with van der Waals surface area (Å²) in [5, 5.41) is 0. The molecule has 3 rings (SSSR count). The minimum absolute atomic E-state index is 0.0545.